The summed E-state index contributed by atoms with van der Waals surface area (Å²) >= 11 is 3.68. The van der Waals surface area contributed by atoms with E-state index in [0.717, 1.165) is 52.6 Å². The van der Waals surface area contributed by atoms with Crippen molar-refractivity contribution in [3.8, 4) is 5.75 Å². The monoisotopic (exact) mass is 466 g/mol. The van der Waals surface area contributed by atoms with Crippen molar-refractivity contribution in [1.82, 2.24) is 10.2 Å². The minimum atomic E-state index is -0.416. The number of fused-ring (bicyclic) bond motifs is 1. The number of carbonyl (C=O) groups excluding carboxylic acids is 1. The fourth-order valence-electron chi connectivity index (χ4n) is 3.60. The Kier molecular flexibility index (Phi) is 6.74. The van der Waals surface area contributed by atoms with Crippen molar-refractivity contribution >= 4 is 32.8 Å². The molecular weight excluding hydrogens is 440 g/mol. The summed E-state index contributed by atoms with van der Waals surface area (Å²) in [5.74, 6) is 0.815. The zero-order chi connectivity index (χ0) is 20.2. The number of nitrogens with zero attached hydrogens (tertiary/aromatic N) is 1. The number of amides is 1. The normalized spacial score (nSPS) is 19.4. The van der Waals surface area contributed by atoms with Gasteiger partial charge in [0, 0.05) is 45.8 Å². The molecule has 2 fully saturated rings. The van der Waals surface area contributed by atoms with E-state index >= 15 is 0 Å². The molecule has 1 aliphatic carbocycles. The third kappa shape index (κ3) is 4.77. The molecule has 1 aromatic carbocycles. The van der Waals surface area contributed by atoms with Crippen LogP contribution in [0.5, 0.6) is 5.75 Å². The van der Waals surface area contributed by atoms with E-state index in [1.54, 1.807) is 13.4 Å². The number of hydrogen-bond donors (Lipinski definition) is 1. The largest absolute Gasteiger partial charge is 0.493 e. The standard InChI is InChI=1S/C21H27BrN2O5/c1-26-7-2-8-27-17-11-14(19(22)20-16(17)5-9-29-20)13-24(15-3-4-15)21(25)18-12-23-6-10-28-18/h5,9,11,15,18,23H,2-4,6-8,10,12-13H2,1H3/t18-/m1/s1. The molecule has 1 aliphatic heterocycles. The first kappa shape index (κ1) is 20.7. The van der Waals surface area contributed by atoms with Crippen LogP contribution in [-0.2, 0) is 20.8 Å². The zero-order valence-electron chi connectivity index (χ0n) is 16.6. The highest BCUT2D eigenvalue weighted by Crippen LogP contribution is 2.38. The lowest BCUT2D eigenvalue weighted by Crippen LogP contribution is -2.49. The summed E-state index contributed by atoms with van der Waals surface area (Å²) in [5.41, 5.74) is 1.71. The van der Waals surface area contributed by atoms with E-state index in [1.165, 1.54) is 0 Å². The number of ether oxygens (including phenoxy) is 3. The predicted molar refractivity (Wildman–Crippen MR) is 112 cm³/mol. The summed E-state index contributed by atoms with van der Waals surface area (Å²) in [6, 6.07) is 4.19. The minimum absolute atomic E-state index is 0.0497. The fourth-order valence-corrected chi connectivity index (χ4v) is 4.15. The van der Waals surface area contributed by atoms with Crippen molar-refractivity contribution in [1.29, 1.82) is 0 Å². The van der Waals surface area contributed by atoms with Crippen LogP contribution in [-0.4, -0.2) is 63.0 Å². The van der Waals surface area contributed by atoms with Crippen LogP contribution in [0.2, 0.25) is 0 Å². The van der Waals surface area contributed by atoms with E-state index in [0.29, 0.717) is 32.9 Å². The molecule has 0 spiro atoms. The number of rotatable bonds is 9. The zero-order valence-corrected chi connectivity index (χ0v) is 18.2. The Labute approximate surface area is 178 Å². The number of morpholine rings is 1. The molecule has 2 aromatic rings. The topological polar surface area (TPSA) is 73.2 Å². The first-order chi connectivity index (χ1) is 14.2. The maximum atomic E-state index is 13.1. The van der Waals surface area contributed by atoms with Crippen molar-refractivity contribution in [2.24, 2.45) is 0 Å². The van der Waals surface area contributed by atoms with E-state index < -0.39 is 6.10 Å². The van der Waals surface area contributed by atoms with E-state index in [-0.39, 0.29) is 11.9 Å². The molecule has 1 aromatic heterocycles. The highest BCUT2D eigenvalue weighted by atomic mass is 79.9. The molecule has 0 radical (unpaired) electrons. The van der Waals surface area contributed by atoms with Gasteiger partial charge in [0.25, 0.3) is 5.91 Å². The first-order valence-corrected chi connectivity index (χ1v) is 10.9. The van der Waals surface area contributed by atoms with Gasteiger partial charge in [-0.2, -0.15) is 0 Å². The van der Waals surface area contributed by atoms with Gasteiger partial charge in [-0.1, -0.05) is 0 Å². The summed E-state index contributed by atoms with van der Waals surface area (Å²) in [4.78, 5) is 15.1. The van der Waals surface area contributed by atoms with E-state index in [1.807, 2.05) is 17.0 Å². The van der Waals surface area contributed by atoms with Crippen LogP contribution < -0.4 is 10.1 Å². The van der Waals surface area contributed by atoms with Crippen LogP contribution in [0, 0.1) is 0 Å². The highest BCUT2D eigenvalue weighted by molar-refractivity contribution is 9.10. The van der Waals surface area contributed by atoms with Crippen LogP contribution in [0.25, 0.3) is 11.0 Å². The molecule has 0 unspecified atom stereocenters. The number of carbonyl (C=O) groups is 1. The minimum Gasteiger partial charge on any atom is -0.493 e. The molecule has 4 rings (SSSR count). The fraction of sp³-hybridized carbons (Fsp3) is 0.571. The quantitative estimate of drug-likeness (QED) is 0.572. The Hall–Kier alpha value is -1.61. The van der Waals surface area contributed by atoms with Gasteiger partial charge in [0.05, 0.1) is 29.3 Å². The summed E-state index contributed by atoms with van der Waals surface area (Å²) in [5, 5.41) is 4.16. The van der Waals surface area contributed by atoms with Gasteiger partial charge in [-0.15, -0.1) is 0 Å². The van der Waals surface area contributed by atoms with Gasteiger partial charge in [-0.3, -0.25) is 4.79 Å². The Morgan fingerprint density at radius 3 is 2.97 bits per heavy atom. The second-order valence-electron chi connectivity index (χ2n) is 7.47. The molecule has 158 valence electrons. The summed E-state index contributed by atoms with van der Waals surface area (Å²) < 4.78 is 23.4. The van der Waals surface area contributed by atoms with E-state index in [9.17, 15) is 4.79 Å². The van der Waals surface area contributed by atoms with Gasteiger partial charge in [-0.25, -0.2) is 0 Å². The van der Waals surface area contributed by atoms with Gasteiger partial charge < -0.3 is 28.8 Å². The van der Waals surface area contributed by atoms with Crippen LogP contribution in [0.4, 0.5) is 0 Å². The van der Waals surface area contributed by atoms with Gasteiger partial charge in [0.2, 0.25) is 0 Å². The third-order valence-electron chi connectivity index (χ3n) is 5.28. The molecule has 1 saturated carbocycles. The summed E-state index contributed by atoms with van der Waals surface area (Å²) in [7, 11) is 1.68. The molecule has 29 heavy (non-hydrogen) atoms. The van der Waals surface area contributed by atoms with Gasteiger partial charge >= 0.3 is 0 Å². The van der Waals surface area contributed by atoms with E-state index in [2.05, 4.69) is 21.2 Å². The maximum Gasteiger partial charge on any atom is 0.253 e. The van der Waals surface area contributed by atoms with Crippen LogP contribution in [0.1, 0.15) is 24.8 Å². The summed E-state index contributed by atoms with van der Waals surface area (Å²) in [6.07, 6.45) is 4.12. The lowest BCUT2D eigenvalue weighted by Gasteiger charge is -2.30. The first-order valence-electron chi connectivity index (χ1n) is 10.1. The molecule has 1 saturated heterocycles. The van der Waals surface area contributed by atoms with Crippen LogP contribution >= 0.6 is 15.9 Å². The number of halogens is 1. The molecule has 2 heterocycles. The summed E-state index contributed by atoms with van der Waals surface area (Å²) in [6.45, 7) is 3.62. The molecule has 1 N–H and O–H groups in total. The molecule has 7 nitrogen and oxygen atoms in total. The number of nitrogens with one attached hydrogen (secondary N) is 1. The molecular formula is C21H27BrN2O5. The lowest BCUT2D eigenvalue weighted by atomic mass is 10.1. The number of furan rings is 1. The Morgan fingerprint density at radius 2 is 2.24 bits per heavy atom. The lowest BCUT2D eigenvalue weighted by molar-refractivity contribution is -0.146. The molecule has 1 atom stereocenters. The number of methoxy groups -OCH3 is 1. The Bertz CT molecular complexity index is 845. The highest BCUT2D eigenvalue weighted by Gasteiger charge is 2.37. The molecule has 8 heteroatoms. The van der Waals surface area contributed by atoms with Crippen LogP contribution in [0.15, 0.2) is 27.3 Å². The van der Waals surface area contributed by atoms with Gasteiger partial charge in [-0.05, 0) is 46.5 Å². The second-order valence-corrected chi connectivity index (χ2v) is 8.26. The maximum absolute atomic E-state index is 13.1. The number of benzene rings is 1. The molecule has 1 amide bonds. The smallest absolute Gasteiger partial charge is 0.253 e. The SMILES string of the molecule is COCCCOc1cc(CN(C(=O)[C@H]2CNCCO2)C2CC2)c(Br)c2occc12. The van der Waals surface area contributed by atoms with Crippen molar-refractivity contribution in [2.75, 3.05) is 40.0 Å². The van der Waals surface area contributed by atoms with Gasteiger partial charge in [0.15, 0.2) is 5.58 Å². The van der Waals surface area contributed by atoms with E-state index in [4.69, 9.17) is 18.6 Å². The van der Waals surface area contributed by atoms with Crippen molar-refractivity contribution in [3.63, 3.8) is 0 Å². The van der Waals surface area contributed by atoms with Crippen molar-refractivity contribution in [3.05, 3.63) is 28.4 Å². The Morgan fingerprint density at radius 1 is 1.38 bits per heavy atom. The van der Waals surface area contributed by atoms with Gasteiger partial charge in [0.1, 0.15) is 11.9 Å². The molecule has 0 bridgehead atoms. The van der Waals surface area contributed by atoms with Crippen LogP contribution in [0.3, 0.4) is 0 Å². The van der Waals surface area contributed by atoms with Crippen molar-refractivity contribution in [2.45, 2.75) is 38.0 Å². The molecule has 2 aliphatic rings. The predicted octanol–water partition coefficient (Wildman–Crippen LogP) is 3.09. The number of hydrogen-bond acceptors (Lipinski definition) is 6. The average Bonchev–Trinajstić information content (AvgIpc) is 3.47. The second kappa shape index (κ2) is 9.47. The average molecular weight is 467 g/mol. The third-order valence-corrected chi connectivity index (χ3v) is 6.15. The van der Waals surface area contributed by atoms with Crippen molar-refractivity contribution < 1.29 is 23.4 Å². The Balaban J connectivity index is 1.56.